The Bertz CT molecular complexity index is 1550. The molecule has 0 aliphatic carbocycles. The highest BCUT2D eigenvalue weighted by Gasteiger charge is 2.22. The van der Waals surface area contributed by atoms with Crippen molar-refractivity contribution in [2.75, 3.05) is 16.8 Å². The highest BCUT2D eigenvalue weighted by molar-refractivity contribution is 6.06. The van der Waals surface area contributed by atoms with E-state index >= 15 is 0 Å². The van der Waals surface area contributed by atoms with Gasteiger partial charge in [0.05, 0.1) is 10.5 Å². The number of aromatic nitrogens is 1. The van der Waals surface area contributed by atoms with Crippen molar-refractivity contribution in [1.29, 1.82) is 0 Å². The molecule has 1 aliphatic rings. The molecule has 0 unspecified atom stereocenters. The number of fused-ring (bicyclic) bond motifs is 1. The Kier molecular flexibility index (Phi) is 7.31. The first kappa shape index (κ1) is 25.6. The third-order valence-electron chi connectivity index (χ3n) is 6.81. The van der Waals surface area contributed by atoms with Gasteiger partial charge in [-0.15, -0.1) is 0 Å². The standard InChI is InChI=1S/C30H27N5O4/c1-20-8-9-23(15-28(20)35(38)39)29(36)33-25-10-11-27(34-14-12-22-6-2-3-7-24(22)19-34)26(16-25)30(37)32-18-21-5-4-13-31-17-21/h2-11,13,15-17H,12,14,18-19H2,1H3,(H,32,37)(H,33,36). The first-order chi connectivity index (χ1) is 18.9. The first-order valence-corrected chi connectivity index (χ1v) is 12.6. The Morgan fingerprint density at radius 2 is 1.82 bits per heavy atom. The van der Waals surface area contributed by atoms with E-state index in [2.05, 4.69) is 32.7 Å². The Labute approximate surface area is 225 Å². The van der Waals surface area contributed by atoms with Crippen LogP contribution in [0.15, 0.2) is 85.2 Å². The van der Waals surface area contributed by atoms with Crippen LogP contribution in [0.1, 0.15) is 43.0 Å². The van der Waals surface area contributed by atoms with Crippen LogP contribution in [0, 0.1) is 17.0 Å². The van der Waals surface area contributed by atoms with Crippen molar-refractivity contribution >= 4 is 28.9 Å². The largest absolute Gasteiger partial charge is 0.366 e. The van der Waals surface area contributed by atoms with E-state index in [1.54, 1.807) is 43.6 Å². The zero-order chi connectivity index (χ0) is 27.4. The van der Waals surface area contributed by atoms with E-state index in [1.165, 1.54) is 17.2 Å². The molecule has 9 nitrogen and oxygen atoms in total. The molecule has 5 rings (SSSR count). The van der Waals surface area contributed by atoms with Gasteiger partial charge in [0, 0.05) is 60.6 Å². The van der Waals surface area contributed by atoms with Crippen molar-refractivity contribution in [2.24, 2.45) is 0 Å². The second-order valence-corrected chi connectivity index (χ2v) is 9.43. The lowest BCUT2D eigenvalue weighted by atomic mass is 9.98. The average molecular weight is 522 g/mol. The van der Waals surface area contributed by atoms with Crippen molar-refractivity contribution in [3.05, 3.63) is 129 Å². The molecule has 1 aromatic heterocycles. The van der Waals surface area contributed by atoms with E-state index < -0.39 is 10.8 Å². The zero-order valence-corrected chi connectivity index (χ0v) is 21.4. The molecule has 2 amide bonds. The van der Waals surface area contributed by atoms with Crippen LogP contribution < -0.4 is 15.5 Å². The third kappa shape index (κ3) is 5.77. The molecule has 0 atom stereocenters. The van der Waals surface area contributed by atoms with E-state index in [0.29, 0.717) is 29.9 Å². The second kappa shape index (κ2) is 11.1. The summed E-state index contributed by atoms with van der Waals surface area (Å²) in [6.07, 6.45) is 4.23. The number of hydrogen-bond donors (Lipinski definition) is 2. The smallest absolute Gasteiger partial charge is 0.273 e. The number of anilines is 2. The Balaban J connectivity index is 1.43. The highest BCUT2D eigenvalue weighted by atomic mass is 16.6. The molecule has 0 fully saturated rings. The Hall–Kier alpha value is -5.05. The molecule has 0 saturated heterocycles. The summed E-state index contributed by atoms with van der Waals surface area (Å²) in [5.74, 6) is -0.783. The number of carbonyl (C=O) groups excluding carboxylic acids is 2. The molecular weight excluding hydrogens is 494 g/mol. The number of hydrogen-bond acceptors (Lipinski definition) is 6. The van der Waals surface area contributed by atoms with Crippen LogP contribution in [0.5, 0.6) is 0 Å². The van der Waals surface area contributed by atoms with Crippen LogP contribution >= 0.6 is 0 Å². The van der Waals surface area contributed by atoms with Crippen molar-refractivity contribution < 1.29 is 14.5 Å². The van der Waals surface area contributed by atoms with Gasteiger partial charge < -0.3 is 15.5 Å². The number of pyridine rings is 1. The quantitative estimate of drug-likeness (QED) is 0.260. The summed E-state index contributed by atoms with van der Waals surface area (Å²) in [4.78, 5) is 43.5. The number of aryl methyl sites for hydroxylation is 1. The van der Waals surface area contributed by atoms with Crippen molar-refractivity contribution in [1.82, 2.24) is 10.3 Å². The van der Waals surface area contributed by atoms with Gasteiger partial charge in [-0.3, -0.25) is 24.7 Å². The first-order valence-electron chi connectivity index (χ1n) is 12.6. The maximum atomic E-state index is 13.4. The number of rotatable bonds is 7. The number of nitrogens with one attached hydrogen (secondary N) is 2. The lowest BCUT2D eigenvalue weighted by molar-refractivity contribution is -0.385. The van der Waals surface area contributed by atoms with Crippen LogP contribution in [0.2, 0.25) is 0 Å². The number of nitro groups is 1. The molecule has 0 bridgehead atoms. The molecule has 2 N–H and O–H groups in total. The minimum atomic E-state index is -0.512. The van der Waals surface area contributed by atoms with Crippen LogP contribution in [0.25, 0.3) is 0 Å². The molecule has 0 spiro atoms. The summed E-state index contributed by atoms with van der Waals surface area (Å²) in [5, 5.41) is 17.1. The molecule has 4 aromatic rings. The fourth-order valence-corrected chi connectivity index (χ4v) is 4.70. The van der Waals surface area contributed by atoms with E-state index in [9.17, 15) is 19.7 Å². The zero-order valence-electron chi connectivity index (χ0n) is 21.4. The fourth-order valence-electron chi connectivity index (χ4n) is 4.70. The van der Waals surface area contributed by atoms with Crippen molar-refractivity contribution in [3.8, 4) is 0 Å². The summed E-state index contributed by atoms with van der Waals surface area (Å²) in [7, 11) is 0. The Morgan fingerprint density at radius 1 is 1.00 bits per heavy atom. The number of amides is 2. The van der Waals surface area contributed by atoms with Gasteiger partial charge in [-0.1, -0.05) is 36.4 Å². The van der Waals surface area contributed by atoms with Crippen LogP contribution in [0.3, 0.4) is 0 Å². The van der Waals surface area contributed by atoms with Gasteiger partial charge in [0.2, 0.25) is 0 Å². The monoisotopic (exact) mass is 521 g/mol. The minimum Gasteiger partial charge on any atom is -0.366 e. The van der Waals surface area contributed by atoms with E-state index in [1.807, 2.05) is 30.3 Å². The van der Waals surface area contributed by atoms with Gasteiger partial charge >= 0.3 is 0 Å². The highest BCUT2D eigenvalue weighted by Crippen LogP contribution is 2.30. The molecule has 0 saturated carbocycles. The lowest BCUT2D eigenvalue weighted by Crippen LogP contribution is -2.33. The topological polar surface area (TPSA) is 117 Å². The van der Waals surface area contributed by atoms with Gasteiger partial charge in [-0.25, -0.2) is 0 Å². The summed E-state index contributed by atoms with van der Waals surface area (Å²) >= 11 is 0. The van der Waals surface area contributed by atoms with E-state index in [-0.39, 0.29) is 17.2 Å². The fraction of sp³-hybridized carbons (Fsp3) is 0.167. The average Bonchev–Trinajstić information content (AvgIpc) is 2.96. The molecule has 0 radical (unpaired) electrons. The summed E-state index contributed by atoms with van der Waals surface area (Å²) in [5.41, 5.74) is 5.47. The predicted molar refractivity (Wildman–Crippen MR) is 149 cm³/mol. The normalized spacial score (nSPS) is 12.4. The maximum Gasteiger partial charge on any atom is 0.273 e. The van der Waals surface area contributed by atoms with Crippen LogP contribution in [-0.4, -0.2) is 28.3 Å². The summed E-state index contributed by atoms with van der Waals surface area (Å²) in [6, 6.07) is 21.5. The van der Waals surface area contributed by atoms with Crippen LogP contribution in [-0.2, 0) is 19.5 Å². The summed E-state index contributed by atoms with van der Waals surface area (Å²) in [6.45, 7) is 3.34. The molecule has 196 valence electrons. The van der Waals surface area contributed by atoms with Gasteiger partial charge in [-0.2, -0.15) is 0 Å². The molecule has 2 heterocycles. The van der Waals surface area contributed by atoms with Gasteiger partial charge in [0.15, 0.2) is 0 Å². The second-order valence-electron chi connectivity index (χ2n) is 9.43. The van der Waals surface area contributed by atoms with E-state index in [4.69, 9.17) is 0 Å². The molecule has 9 heteroatoms. The third-order valence-corrected chi connectivity index (χ3v) is 6.81. The van der Waals surface area contributed by atoms with Crippen LogP contribution in [0.4, 0.5) is 17.1 Å². The maximum absolute atomic E-state index is 13.4. The lowest BCUT2D eigenvalue weighted by Gasteiger charge is -2.32. The SMILES string of the molecule is Cc1ccc(C(=O)Nc2ccc(N3CCc4ccccc4C3)c(C(=O)NCc3cccnc3)c2)cc1[N+](=O)[O-]. The number of benzene rings is 3. The minimum absolute atomic E-state index is 0.126. The van der Waals surface area contributed by atoms with E-state index in [0.717, 1.165) is 24.2 Å². The molecule has 39 heavy (non-hydrogen) atoms. The molecule has 1 aliphatic heterocycles. The van der Waals surface area contributed by atoms with Gasteiger partial charge in [-0.05, 0) is 60.4 Å². The van der Waals surface area contributed by atoms with Gasteiger partial charge in [0.1, 0.15) is 0 Å². The van der Waals surface area contributed by atoms with Crippen molar-refractivity contribution in [2.45, 2.75) is 26.4 Å². The summed E-state index contributed by atoms with van der Waals surface area (Å²) < 4.78 is 0. The Morgan fingerprint density at radius 3 is 2.59 bits per heavy atom. The van der Waals surface area contributed by atoms with Gasteiger partial charge in [0.25, 0.3) is 17.5 Å². The molecular formula is C30H27N5O4. The molecule has 3 aromatic carbocycles. The van der Waals surface area contributed by atoms with Crippen molar-refractivity contribution in [3.63, 3.8) is 0 Å². The number of nitrogens with zero attached hydrogens (tertiary/aromatic N) is 3. The predicted octanol–water partition coefficient (Wildman–Crippen LogP) is 5.04. The number of nitro benzene ring substituents is 1. The number of carbonyl (C=O) groups is 2.